The van der Waals surface area contributed by atoms with E-state index in [1.165, 1.54) is 18.4 Å². The quantitative estimate of drug-likeness (QED) is 0.557. The summed E-state index contributed by atoms with van der Waals surface area (Å²) in [7, 11) is 1.95. The highest BCUT2D eigenvalue weighted by atomic mass is 16.2. The van der Waals surface area contributed by atoms with Crippen molar-refractivity contribution >= 4 is 17.7 Å². The van der Waals surface area contributed by atoms with E-state index in [9.17, 15) is 14.4 Å². The van der Waals surface area contributed by atoms with E-state index in [2.05, 4.69) is 40.0 Å². The van der Waals surface area contributed by atoms with Crippen LogP contribution in [0.3, 0.4) is 0 Å². The zero-order valence-corrected chi connectivity index (χ0v) is 20.3. The average Bonchev–Trinajstić information content (AvgIpc) is 3.44. The maximum atomic E-state index is 13.1. The molecule has 2 saturated heterocycles. The fourth-order valence-electron chi connectivity index (χ4n) is 5.80. The Morgan fingerprint density at radius 2 is 1.67 bits per heavy atom. The second kappa shape index (κ2) is 9.02. The van der Waals surface area contributed by atoms with Crippen LogP contribution >= 0.6 is 0 Å². The highest BCUT2D eigenvalue weighted by Crippen LogP contribution is 2.36. The number of nitrogens with one attached hydrogen (secondary N) is 2. The molecule has 0 bridgehead atoms. The van der Waals surface area contributed by atoms with Gasteiger partial charge in [-0.3, -0.25) is 24.4 Å². The van der Waals surface area contributed by atoms with Crippen LogP contribution < -0.4 is 10.6 Å². The van der Waals surface area contributed by atoms with E-state index in [-0.39, 0.29) is 18.2 Å². The van der Waals surface area contributed by atoms with Gasteiger partial charge in [-0.1, -0.05) is 30.3 Å². The molecule has 2 fully saturated rings. The van der Waals surface area contributed by atoms with Gasteiger partial charge in [0, 0.05) is 36.7 Å². The third-order valence-electron chi connectivity index (χ3n) is 7.77. The molecular formula is C28H29N5O3. The number of piperidine rings is 2. The molecule has 4 heterocycles. The second-order valence-corrected chi connectivity index (χ2v) is 9.95. The summed E-state index contributed by atoms with van der Waals surface area (Å²) in [4.78, 5) is 38.6. The van der Waals surface area contributed by atoms with Crippen molar-refractivity contribution in [3.8, 4) is 22.4 Å². The van der Waals surface area contributed by atoms with E-state index in [1.54, 1.807) is 4.90 Å². The molecule has 36 heavy (non-hydrogen) atoms. The number of fused-ring (bicyclic) bond motifs is 1. The van der Waals surface area contributed by atoms with Gasteiger partial charge in [-0.2, -0.15) is 5.10 Å². The summed E-state index contributed by atoms with van der Waals surface area (Å²) >= 11 is 0. The number of hydrogen-bond acceptors (Lipinski definition) is 5. The van der Waals surface area contributed by atoms with Crippen LogP contribution in [0.2, 0.25) is 0 Å². The highest BCUT2D eigenvalue weighted by Gasteiger charge is 2.39. The van der Waals surface area contributed by atoms with Gasteiger partial charge >= 0.3 is 0 Å². The summed E-state index contributed by atoms with van der Waals surface area (Å²) in [6.07, 6.45) is 4.81. The average molecular weight is 484 g/mol. The Morgan fingerprint density at radius 3 is 2.42 bits per heavy atom. The molecular weight excluding hydrogens is 454 g/mol. The minimum absolute atomic E-state index is 0.161. The maximum absolute atomic E-state index is 13.1. The van der Waals surface area contributed by atoms with E-state index in [0.29, 0.717) is 24.4 Å². The van der Waals surface area contributed by atoms with Gasteiger partial charge < -0.3 is 10.2 Å². The summed E-state index contributed by atoms with van der Waals surface area (Å²) in [5, 5.41) is 10.3. The molecule has 3 aromatic rings. The summed E-state index contributed by atoms with van der Waals surface area (Å²) < 4.78 is 1.89. The first-order valence-electron chi connectivity index (χ1n) is 12.6. The van der Waals surface area contributed by atoms with Crippen molar-refractivity contribution in [3.05, 3.63) is 65.4 Å². The minimum atomic E-state index is -0.613. The number of carbonyl (C=O) groups is 3. The van der Waals surface area contributed by atoms with Crippen LogP contribution in [0.4, 0.5) is 0 Å². The van der Waals surface area contributed by atoms with Crippen molar-refractivity contribution in [3.63, 3.8) is 0 Å². The van der Waals surface area contributed by atoms with Crippen molar-refractivity contribution in [2.75, 3.05) is 13.1 Å². The molecule has 0 spiro atoms. The summed E-state index contributed by atoms with van der Waals surface area (Å²) in [6, 6.07) is 14.0. The van der Waals surface area contributed by atoms with E-state index in [0.717, 1.165) is 41.0 Å². The lowest BCUT2D eigenvalue weighted by Gasteiger charge is -2.29. The van der Waals surface area contributed by atoms with Crippen LogP contribution in [0.15, 0.2) is 48.7 Å². The van der Waals surface area contributed by atoms with Crippen LogP contribution in [0, 0.1) is 0 Å². The van der Waals surface area contributed by atoms with Crippen LogP contribution in [0.1, 0.15) is 53.1 Å². The van der Waals surface area contributed by atoms with E-state index >= 15 is 0 Å². The minimum Gasteiger partial charge on any atom is -0.322 e. The van der Waals surface area contributed by atoms with Crippen molar-refractivity contribution in [2.24, 2.45) is 7.05 Å². The predicted molar refractivity (Wildman–Crippen MR) is 135 cm³/mol. The molecule has 8 heteroatoms. The lowest BCUT2D eigenvalue weighted by atomic mass is 9.89. The molecule has 1 atom stereocenters. The fraction of sp³-hybridized carbons (Fsp3) is 0.357. The zero-order valence-electron chi connectivity index (χ0n) is 20.3. The van der Waals surface area contributed by atoms with Gasteiger partial charge in [0.15, 0.2) is 0 Å². The molecule has 0 saturated carbocycles. The summed E-state index contributed by atoms with van der Waals surface area (Å²) in [5.74, 6) is -0.232. The number of rotatable bonds is 4. The molecule has 6 rings (SSSR count). The Bertz CT molecular complexity index is 1350. The Balaban J connectivity index is 1.28. The number of hydrogen-bond donors (Lipinski definition) is 2. The van der Waals surface area contributed by atoms with E-state index < -0.39 is 11.9 Å². The number of carbonyl (C=O) groups excluding carboxylic acids is 3. The number of nitrogens with zero attached hydrogens (tertiary/aromatic N) is 3. The lowest BCUT2D eigenvalue weighted by molar-refractivity contribution is -0.136. The molecule has 2 N–H and O–H groups in total. The molecule has 0 aliphatic carbocycles. The highest BCUT2D eigenvalue weighted by molar-refractivity contribution is 6.05. The molecule has 0 radical (unpaired) electrons. The number of benzene rings is 2. The van der Waals surface area contributed by atoms with Crippen molar-refractivity contribution < 1.29 is 14.4 Å². The van der Waals surface area contributed by atoms with E-state index in [1.807, 2.05) is 36.1 Å². The monoisotopic (exact) mass is 483 g/mol. The van der Waals surface area contributed by atoms with Crippen LogP contribution in [-0.4, -0.2) is 51.5 Å². The van der Waals surface area contributed by atoms with Gasteiger partial charge in [0.2, 0.25) is 11.8 Å². The van der Waals surface area contributed by atoms with Crippen LogP contribution in [0.5, 0.6) is 0 Å². The summed E-state index contributed by atoms with van der Waals surface area (Å²) in [6.45, 7) is 2.50. The van der Waals surface area contributed by atoms with E-state index in [4.69, 9.17) is 0 Å². The molecule has 3 aliphatic rings. The first-order valence-corrected chi connectivity index (χ1v) is 12.6. The topological polar surface area (TPSA) is 96.3 Å². The van der Waals surface area contributed by atoms with Crippen LogP contribution in [0.25, 0.3) is 22.4 Å². The van der Waals surface area contributed by atoms with Gasteiger partial charge in [-0.05, 0) is 67.1 Å². The Kier molecular flexibility index (Phi) is 5.68. The number of aromatic nitrogens is 2. The number of imide groups is 1. The van der Waals surface area contributed by atoms with Gasteiger partial charge in [-0.15, -0.1) is 0 Å². The summed E-state index contributed by atoms with van der Waals surface area (Å²) in [5.41, 5.74) is 6.99. The maximum Gasteiger partial charge on any atom is 0.255 e. The Labute approximate surface area is 209 Å². The van der Waals surface area contributed by atoms with Gasteiger partial charge in [-0.25, -0.2) is 0 Å². The van der Waals surface area contributed by atoms with Gasteiger partial charge in [0.05, 0.1) is 11.9 Å². The Hall–Kier alpha value is -3.78. The van der Waals surface area contributed by atoms with Crippen molar-refractivity contribution in [2.45, 2.75) is 44.2 Å². The van der Waals surface area contributed by atoms with Gasteiger partial charge in [0.25, 0.3) is 5.91 Å². The molecule has 3 aliphatic heterocycles. The molecule has 1 aromatic heterocycles. The normalized spacial score (nSPS) is 20.5. The first-order chi connectivity index (χ1) is 17.5. The fourth-order valence-corrected chi connectivity index (χ4v) is 5.80. The standard InChI is InChI=1S/C28H29N5O3/c1-32-26(19-4-2-17(3-5-19)18-10-12-29-13-11-18)23(15-30-32)20-6-7-22-21(14-20)16-33(28(22)36)24-8-9-25(34)31-27(24)35/h2-7,14-15,18,24,29H,8-13,16H2,1H3,(H,31,34,35). The lowest BCUT2D eigenvalue weighted by Crippen LogP contribution is -2.52. The van der Waals surface area contributed by atoms with Crippen LogP contribution in [-0.2, 0) is 23.2 Å². The third-order valence-corrected chi connectivity index (χ3v) is 7.77. The third kappa shape index (κ3) is 3.91. The molecule has 3 amide bonds. The predicted octanol–water partition coefficient (Wildman–Crippen LogP) is 2.98. The Morgan fingerprint density at radius 1 is 0.917 bits per heavy atom. The number of amides is 3. The molecule has 184 valence electrons. The SMILES string of the molecule is Cn1ncc(-c2ccc3c(c2)CN(C2CCC(=O)NC2=O)C3=O)c1-c1ccc(C2CCNCC2)cc1. The van der Waals surface area contributed by atoms with Gasteiger partial charge in [0.1, 0.15) is 6.04 Å². The van der Waals surface area contributed by atoms with Crippen molar-refractivity contribution in [1.82, 2.24) is 25.3 Å². The largest absolute Gasteiger partial charge is 0.322 e. The molecule has 8 nitrogen and oxygen atoms in total. The number of aryl methyl sites for hydroxylation is 1. The zero-order chi connectivity index (χ0) is 24.8. The first kappa shape index (κ1) is 22.7. The second-order valence-electron chi connectivity index (χ2n) is 9.95. The smallest absolute Gasteiger partial charge is 0.255 e. The molecule has 1 unspecified atom stereocenters. The van der Waals surface area contributed by atoms with Crippen molar-refractivity contribution in [1.29, 1.82) is 0 Å². The molecule has 2 aromatic carbocycles.